The molecule has 0 atom stereocenters. The van der Waals surface area contributed by atoms with Crippen LogP contribution in [-0.4, -0.2) is 39.1 Å². The Morgan fingerprint density at radius 1 is 1.32 bits per heavy atom. The molecule has 0 bridgehead atoms. The molecule has 2 aromatic heterocycles. The lowest BCUT2D eigenvalue weighted by Gasteiger charge is -2.09. The standard InChI is InChI=1S/C17H17N5O3/c1-11-5-14-15(25-10-24-14)6-13(11)17-19-3-4-22(17)12-7-20-21(8-12)9-16(23)18-2/h3-8H,9-10H2,1-2H3,(H,18,23). The molecular formula is C17H17N5O3. The minimum atomic E-state index is -0.105. The Balaban J connectivity index is 1.71. The number of likely N-dealkylation sites (N-methyl/N-ethyl adjacent to an activating group) is 1. The van der Waals surface area contributed by atoms with Gasteiger partial charge in [0.1, 0.15) is 12.4 Å². The fourth-order valence-corrected chi connectivity index (χ4v) is 2.79. The van der Waals surface area contributed by atoms with Crippen molar-refractivity contribution in [3.05, 3.63) is 42.5 Å². The molecule has 8 nitrogen and oxygen atoms in total. The van der Waals surface area contributed by atoms with Crippen molar-refractivity contribution >= 4 is 5.91 Å². The van der Waals surface area contributed by atoms with E-state index in [9.17, 15) is 4.79 Å². The van der Waals surface area contributed by atoms with Gasteiger partial charge in [0.2, 0.25) is 12.7 Å². The highest BCUT2D eigenvalue weighted by Gasteiger charge is 2.19. The van der Waals surface area contributed by atoms with Crippen LogP contribution in [0.4, 0.5) is 0 Å². The fraction of sp³-hybridized carbons (Fsp3) is 0.235. The van der Waals surface area contributed by atoms with Gasteiger partial charge in [0.25, 0.3) is 0 Å². The van der Waals surface area contributed by atoms with Gasteiger partial charge in [-0.3, -0.25) is 14.0 Å². The molecule has 4 rings (SSSR count). The van der Waals surface area contributed by atoms with Crippen molar-refractivity contribution in [2.45, 2.75) is 13.5 Å². The molecule has 8 heteroatoms. The molecule has 1 aromatic carbocycles. The summed E-state index contributed by atoms with van der Waals surface area (Å²) in [4.78, 5) is 16.0. The zero-order valence-corrected chi connectivity index (χ0v) is 13.9. The second kappa shape index (κ2) is 5.97. The van der Waals surface area contributed by atoms with E-state index >= 15 is 0 Å². The molecule has 1 amide bonds. The normalized spacial score (nSPS) is 12.4. The molecule has 0 spiro atoms. The van der Waals surface area contributed by atoms with Crippen LogP contribution in [0.5, 0.6) is 11.5 Å². The molecule has 128 valence electrons. The predicted octanol–water partition coefficient (Wildman–Crippen LogP) is 1.52. The molecule has 0 radical (unpaired) electrons. The van der Waals surface area contributed by atoms with Crippen molar-refractivity contribution < 1.29 is 14.3 Å². The first-order valence-electron chi connectivity index (χ1n) is 7.83. The molecule has 0 saturated heterocycles. The molecule has 0 aliphatic carbocycles. The number of aromatic nitrogens is 4. The number of fused-ring (bicyclic) bond motifs is 1. The first kappa shape index (κ1) is 15.3. The number of nitrogens with one attached hydrogen (secondary N) is 1. The van der Waals surface area contributed by atoms with Crippen LogP contribution in [0.3, 0.4) is 0 Å². The van der Waals surface area contributed by atoms with Crippen LogP contribution < -0.4 is 14.8 Å². The van der Waals surface area contributed by atoms with Crippen LogP contribution in [0.2, 0.25) is 0 Å². The zero-order valence-electron chi connectivity index (χ0n) is 13.9. The van der Waals surface area contributed by atoms with E-state index in [1.54, 1.807) is 24.1 Å². The first-order valence-corrected chi connectivity index (χ1v) is 7.83. The Morgan fingerprint density at radius 2 is 2.12 bits per heavy atom. The van der Waals surface area contributed by atoms with Gasteiger partial charge in [-0.05, 0) is 24.6 Å². The van der Waals surface area contributed by atoms with Crippen molar-refractivity contribution in [3.63, 3.8) is 0 Å². The van der Waals surface area contributed by atoms with Crippen LogP contribution in [0.1, 0.15) is 5.56 Å². The monoisotopic (exact) mass is 339 g/mol. The summed E-state index contributed by atoms with van der Waals surface area (Å²) in [6, 6.07) is 3.89. The maximum Gasteiger partial charge on any atom is 0.241 e. The zero-order chi connectivity index (χ0) is 17.4. The average molecular weight is 339 g/mol. The Hall–Kier alpha value is -3.29. The van der Waals surface area contributed by atoms with Crippen LogP contribution in [0, 0.1) is 6.92 Å². The van der Waals surface area contributed by atoms with Crippen molar-refractivity contribution in [1.29, 1.82) is 0 Å². The van der Waals surface area contributed by atoms with E-state index in [4.69, 9.17) is 9.47 Å². The average Bonchev–Trinajstić information content (AvgIpc) is 3.33. The quantitative estimate of drug-likeness (QED) is 0.779. The van der Waals surface area contributed by atoms with Gasteiger partial charge >= 0.3 is 0 Å². The topological polar surface area (TPSA) is 83.2 Å². The highest BCUT2D eigenvalue weighted by atomic mass is 16.7. The lowest BCUT2D eigenvalue weighted by molar-refractivity contribution is -0.121. The van der Waals surface area contributed by atoms with Crippen molar-refractivity contribution in [2.24, 2.45) is 0 Å². The number of carbonyl (C=O) groups excluding carboxylic acids is 1. The highest BCUT2D eigenvalue weighted by Crippen LogP contribution is 2.38. The minimum Gasteiger partial charge on any atom is -0.454 e. The Kier molecular flexibility index (Phi) is 3.64. The smallest absolute Gasteiger partial charge is 0.241 e. The van der Waals surface area contributed by atoms with E-state index in [0.29, 0.717) is 5.75 Å². The summed E-state index contributed by atoms with van der Waals surface area (Å²) >= 11 is 0. The third-order valence-corrected chi connectivity index (χ3v) is 4.08. The van der Waals surface area contributed by atoms with Crippen molar-refractivity contribution in [1.82, 2.24) is 24.6 Å². The van der Waals surface area contributed by atoms with Crippen LogP contribution in [0.15, 0.2) is 36.9 Å². The van der Waals surface area contributed by atoms with E-state index in [-0.39, 0.29) is 19.2 Å². The number of aryl methyl sites for hydroxylation is 1. The SMILES string of the molecule is CNC(=O)Cn1cc(-n2ccnc2-c2cc3c(cc2C)OCO3)cn1. The molecule has 0 fully saturated rings. The highest BCUT2D eigenvalue weighted by molar-refractivity contribution is 5.75. The summed E-state index contributed by atoms with van der Waals surface area (Å²) in [7, 11) is 1.60. The van der Waals surface area contributed by atoms with E-state index in [1.165, 1.54) is 0 Å². The van der Waals surface area contributed by atoms with Gasteiger partial charge in [-0.1, -0.05) is 0 Å². The Morgan fingerprint density at radius 3 is 2.92 bits per heavy atom. The second-order valence-corrected chi connectivity index (χ2v) is 5.71. The Labute approximate surface area is 144 Å². The lowest BCUT2D eigenvalue weighted by Crippen LogP contribution is -2.23. The third kappa shape index (κ3) is 2.71. The second-order valence-electron chi connectivity index (χ2n) is 5.71. The lowest BCUT2D eigenvalue weighted by atomic mass is 10.1. The van der Waals surface area contributed by atoms with Crippen LogP contribution in [-0.2, 0) is 11.3 Å². The fourth-order valence-electron chi connectivity index (χ4n) is 2.79. The number of hydrogen-bond donors (Lipinski definition) is 1. The maximum atomic E-state index is 11.5. The number of hydrogen-bond acceptors (Lipinski definition) is 5. The first-order chi connectivity index (χ1) is 12.2. The third-order valence-electron chi connectivity index (χ3n) is 4.08. The van der Waals surface area contributed by atoms with Gasteiger partial charge in [-0.15, -0.1) is 0 Å². The van der Waals surface area contributed by atoms with Gasteiger partial charge in [0, 0.05) is 31.2 Å². The summed E-state index contributed by atoms with van der Waals surface area (Å²) < 4.78 is 14.4. The minimum absolute atomic E-state index is 0.105. The molecule has 0 saturated carbocycles. The van der Waals surface area contributed by atoms with Crippen molar-refractivity contribution in [3.8, 4) is 28.6 Å². The number of benzene rings is 1. The molecule has 1 N–H and O–H groups in total. The number of imidazole rings is 1. The largest absolute Gasteiger partial charge is 0.454 e. The van der Waals surface area contributed by atoms with Crippen molar-refractivity contribution in [2.75, 3.05) is 13.8 Å². The number of ether oxygens (including phenoxy) is 2. The molecule has 1 aliphatic heterocycles. The molecule has 1 aliphatic rings. The van der Waals surface area contributed by atoms with Gasteiger partial charge in [0.05, 0.1) is 11.9 Å². The Bertz CT molecular complexity index is 944. The van der Waals surface area contributed by atoms with Crippen LogP contribution in [0.25, 0.3) is 17.1 Å². The predicted molar refractivity (Wildman–Crippen MR) is 89.7 cm³/mol. The summed E-state index contributed by atoms with van der Waals surface area (Å²) in [6.07, 6.45) is 7.11. The van der Waals surface area contributed by atoms with Crippen LogP contribution >= 0.6 is 0 Å². The van der Waals surface area contributed by atoms with Gasteiger partial charge in [0.15, 0.2) is 11.5 Å². The van der Waals surface area contributed by atoms with E-state index in [1.807, 2.05) is 36.0 Å². The molecular weight excluding hydrogens is 322 g/mol. The number of rotatable bonds is 4. The summed E-state index contributed by atoms with van der Waals surface area (Å²) in [5, 5.41) is 6.82. The van der Waals surface area contributed by atoms with Gasteiger partial charge < -0.3 is 14.8 Å². The van der Waals surface area contributed by atoms with Gasteiger partial charge in [-0.25, -0.2) is 4.98 Å². The number of carbonyl (C=O) groups is 1. The van der Waals surface area contributed by atoms with Gasteiger partial charge in [-0.2, -0.15) is 5.10 Å². The summed E-state index contributed by atoms with van der Waals surface area (Å²) in [6.45, 7) is 2.41. The number of nitrogens with zero attached hydrogens (tertiary/aromatic N) is 4. The number of amides is 1. The molecule has 3 aromatic rings. The summed E-state index contributed by atoms with van der Waals surface area (Å²) in [5.41, 5.74) is 2.82. The summed E-state index contributed by atoms with van der Waals surface area (Å²) in [5.74, 6) is 2.13. The molecule has 3 heterocycles. The van der Waals surface area contributed by atoms with E-state index in [0.717, 1.165) is 28.4 Å². The maximum absolute atomic E-state index is 11.5. The van der Waals surface area contributed by atoms with E-state index in [2.05, 4.69) is 15.4 Å². The molecule has 0 unspecified atom stereocenters. The van der Waals surface area contributed by atoms with E-state index < -0.39 is 0 Å². The molecule has 25 heavy (non-hydrogen) atoms.